The van der Waals surface area contributed by atoms with Gasteiger partial charge in [-0.05, 0) is 30.3 Å². The molecule has 12 heavy (non-hydrogen) atoms. The Morgan fingerprint density at radius 1 is 1.33 bits per heavy atom. The van der Waals surface area contributed by atoms with E-state index in [-0.39, 0.29) is 0 Å². The topological polar surface area (TPSA) is 0 Å². The van der Waals surface area contributed by atoms with Crippen molar-refractivity contribution >= 4 is 0 Å². The maximum atomic E-state index is 2.39. The summed E-state index contributed by atoms with van der Waals surface area (Å²) in [4.78, 5) is 0. The lowest BCUT2D eigenvalue weighted by atomic mass is 9.79. The van der Waals surface area contributed by atoms with Gasteiger partial charge in [0.25, 0.3) is 0 Å². The Hall–Kier alpha value is -0.520. The van der Waals surface area contributed by atoms with Crippen LogP contribution >= 0.6 is 0 Å². The summed E-state index contributed by atoms with van der Waals surface area (Å²) in [6.45, 7) is 11.4. The first-order valence-electron chi connectivity index (χ1n) is 4.80. The van der Waals surface area contributed by atoms with E-state index in [2.05, 4.69) is 46.8 Å². The van der Waals surface area contributed by atoms with Gasteiger partial charge in [-0.25, -0.2) is 0 Å². The van der Waals surface area contributed by atoms with Crippen molar-refractivity contribution in [3.63, 3.8) is 0 Å². The highest BCUT2D eigenvalue weighted by Crippen LogP contribution is 2.33. The Bertz CT molecular complexity index is 223. The molecule has 1 aliphatic carbocycles. The van der Waals surface area contributed by atoms with Crippen LogP contribution in [0.3, 0.4) is 0 Å². The summed E-state index contributed by atoms with van der Waals surface area (Å²) in [5, 5.41) is 0. The third-order valence-electron chi connectivity index (χ3n) is 2.72. The van der Waals surface area contributed by atoms with Gasteiger partial charge in [0.2, 0.25) is 0 Å². The highest BCUT2D eigenvalue weighted by Gasteiger charge is 2.19. The molecule has 1 atom stereocenters. The Balaban J connectivity index is 2.85. The van der Waals surface area contributed by atoms with Crippen LogP contribution in [0.5, 0.6) is 0 Å². The maximum absolute atomic E-state index is 2.39. The van der Waals surface area contributed by atoms with Crippen LogP contribution in [0, 0.1) is 11.3 Å². The molecule has 0 aromatic rings. The molecule has 0 saturated heterocycles. The molecule has 68 valence electrons. The summed E-state index contributed by atoms with van der Waals surface area (Å²) in [5.74, 6) is 0.746. The highest BCUT2D eigenvalue weighted by atomic mass is 14.2. The van der Waals surface area contributed by atoms with Crippen molar-refractivity contribution in [1.29, 1.82) is 0 Å². The molecule has 0 spiro atoms. The molecule has 0 saturated carbocycles. The van der Waals surface area contributed by atoms with Gasteiger partial charge in [0.15, 0.2) is 0 Å². The second-order valence-corrected chi connectivity index (χ2v) is 4.93. The fourth-order valence-corrected chi connectivity index (χ4v) is 1.46. The molecule has 0 aromatic carbocycles. The molecule has 0 fully saturated rings. The molecule has 1 rings (SSSR count). The second kappa shape index (κ2) is 3.08. The molecule has 0 N–H and O–H groups in total. The lowest BCUT2D eigenvalue weighted by Crippen LogP contribution is -2.12. The smallest absolute Gasteiger partial charge is 0.0135 e. The van der Waals surface area contributed by atoms with Gasteiger partial charge in [-0.15, -0.1) is 0 Å². The zero-order valence-corrected chi connectivity index (χ0v) is 8.94. The van der Waals surface area contributed by atoms with Gasteiger partial charge >= 0.3 is 0 Å². The molecule has 0 aliphatic heterocycles. The second-order valence-electron chi connectivity index (χ2n) is 4.93. The quantitative estimate of drug-likeness (QED) is 0.508. The van der Waals surface area contributed by atoms with Crippen molar-refractivity contribution in [3.05, 3.63) is 23.3 Å². The predicted molar refractivity (Wildman–Crippen MR) is 55.1 cm³/mol. The molecule has 0 heteroatoms. The molecule has 0 bridgehead atoms. The largest absolute Gasteiger partial charge is 0.0802 e. The van der Waals surface area contributed by atoms with Crippen molar-refractivity contribution < 1.29 is 0 Å². The fraction of sp³-hybridized carbons (Fsp3) is 0.667. The van der Waals surface area contributed by atoms with E-state index in [1.54, 1.807) is 0 Å². The highest BCUT2D eigenvalue weighted by molar-refractivity contribution is 5.32. The lowest BCUT2D eigenvalue weighted by Gasteiger charge is -2.26. The molecule has 0 radical (unpaired) electrons. The van der Waals surface area contributed by atoms with Crippen LogP contribution in [0.4, 0.5) is 0 Å². The molecule has 0 amide bonds. The van der Waals surface area contributed by atoms with Crippen LogP contribution in [0.1, 0.15) is 41.0 Å². The van der Waals surface area contributed by atoms with E-state index in [9.17, 15) is 0 Å². The number of hydrogen-bond donors (Lipinski definition) is 0. The average Bonchev–Trinajstić information content (AvgIpc) is 1.92. The number of rotatable bonds is 0. The third kappa shape index (κ3) is 2.00. The Morgan fingerprint density at radius 3 is 2.33 bits per heavy atom. The molecule has 1 unspecified atom stereocenters. The summed E-state index contributed by atoms with van der Waals surface area (Å²) < 4.78 is 0. The Labute approximate surface area is 76.4 Å². The van der Waals surface area contributed by atoms with E-state index in [0.717, 1.165) is 5.92 Å². The van der Waals surface area contributed by atoms with Crippen molar-refractivity contribution in [1.82, 2.24) is 0 Å². The summed E-state index contributed by atoms with van der Waals surface area (Å²) in [6, 6.07) is 0. The first-order valence-corrected chi connectivity index (χ1v) is 4.80. The Kier molecular flexibility index (Phi) is 2.46. The summed E-state index contributed by atoms with van der Waals surface area (Å²) in [6.07, 6.45) is 5.96. The zero-order chi connectivity index (χ0) is 9.35. The molecular weight excluding hydrogens is 144 g/mol. The van der Waals surface area contributed by atoms with Gasteiger partial charge in [-0.3, -0.25) is 0 Å². The monoisotopic (exact) mass is 164 g/mol. The van der Waals surface area contributed by atoms with Gasteiger partial charge in [0.05, 0.1) is 0 Å². The van der Waals surface area contributed by atoms with E-state index in [1.807, 2.05) is 0 Å². The lowest BCUT2D eigenvalue weighted by molar-refractivity contribution is 0.503. The fourth-order valence-electron chi connectivity index (χ4n) is 1.46. The molecule has 1 aliphatic rings. The molecule has 0 nitrogen and oxygen atoms in total. The predicted octanol–water partition coefficient (Wildman–Crippen LogP) is 3.95. The van der Waals surface area contributed by atoms with Crippen molar-refractivity contribution in [2.75, 3.05) is 0 Å². The minimum atomic E-state index is 0.321. The first kappa shape index (κ1) is 9.57. The van der Waals surface area contributed by atoms with Crippen molar-refractivity contribution in [2.45, 2.75) is 41.0 Å². The first-order chi connectivity index (χ1) is 5.41. The maximum Gasteiger partial charge on any atom is -0.0135 e. The van der Waals surface area contributed by atoms with Gasteiger partial charge in [0.1, 0.15) is 0 Å². The van der Waals surface area contributed by atoms with Crippen LogP contribution in [-0.4, -0.2) is 0 Å². The summed E-state index contributed by atoms with van der Waals surface area (Å²) in [5.41, 5.74) is 3.35. The molecule has 0 heterocycles. The van der Waals surface area contributed by atoms with Crippen LogP contribution in [0.2, 0.25) is 0 Å². The van der Waals surface area contributed by atoms with E-state index >= 15 is 0 Å². The van der Waals surface area contributed by atoms with Crippen LogP contribution in [-0.2, 0) is 0 Å². The van der Waals surface area contributed by atoms with Gasteiger partial charge in [0, 0.05) is 0 Å². The number of allylic oxidation sites excluding steroid dienone is 4. The SMILES string of the molecule is CC1=CC(C(C)(C)C)=CCC1C. The van der Waals surface area contributed by atoms with E-state index in [0.29, 0.717) is 5.41 Å². The minimum Gasteiger partial charge on any atom is -0.0802 e. The average molecular weight is 164 g/mol. The molecule has 0 aromatic heterocycles. The number of hydrogen-bond acceptors (Lipinski definition) is 0. The van der Waals surface area contributed by atoms with Gasteiger partial charge in [-0.2, -0.15) is 0 Å². The van der Waals surface area contributed by atoms with Gasteiger partial charge < -0.3 is 0 Å². The Morgan fingerprint density at radius 2 is 1.92 bits per heavy atom. The summed E-state index contributed by atoms with van der Waals surface area (Å²) in [7, 11) is 0. The van der Waals surface area contributed by atoms with E-state index in [1.165, 1.54) is 17.6 Å². The van der Waals surface area contributed by atoms with E-state index < -0.39 is 0 Å². The normalized spacial score (nSPS) is 24.9. The third-order valence-corrected chi connectivity index (χ3v) is 2.72. The standard InChI is InChI=1S/C12H20/c1-9-6-7-11(8-10(9)2)12(3,4)5/h7-9H,6H2,1-5H3. The van der Waals surface area contributed by atoms with Crippen LogP contribution in [0.25, 0.3) is 0 Å². The van der Waals surface area contributed by atoms with E-state index in [4.69, 9.17) is 0 Å². The minimum absolute atomic E-state index is 0.321. The summed E-state index contributed by atoms with van der Waals surface area (Å²) >= 11 is 0. The van der Waals surface area contributed by atoms with Crippen LogP contribution < -0.4 is 0 Å². The zero-order valence-electron chi connectivity index (χ0n) is 8.94. The van der Waals surface area contributed by atoms with Crippen molar-refractivity contribution in [2.24, 2.45) is 11.3 Å². The van der Waals surface area contributed by atoms with Crippen LogP contribution in [0.15, 0.2) is 23.3 Å². The molecular formula is C12H20. The van der Waals surface area contributed by atoms with Gasteiger partial charge in [-0.1, -0.05) is 45.4 Å². The van der Waals surface area contributed by atoms with Crippen molar-refractivity contribution in [3.8, 4) is 0 Å².